The van der Waals surface area contributed by atoms with Crippen molar-refractivity contribution in [2.75, 3.05) is 7.05 Å². The van der Waals surface area contributed by atoms with Crippen molar-refractivity contribution < 1.29 is 9.18 Å². The summed E-state index contributed by atoms with van der Waals surface area (Å²) in [5.74, 6) is -0.754. The molecule has 0 saturated carbocycles. The largest absolute Gasteiger partial charge is 0.344 e. The number of aromatic amines is 1. The molecule has 114 valence electrons. The summed E-state index contributed by atoms with van der Waals surface area (Å²) < 4.78 is 15.4. The molecule has 3 aromatic rings. The number of fused-ring (bicyclic) bond motifs is 1. The van der Waals surface area contributed by atoms with E-state index in [4.69, 9.17) is 0 Å². The van der Waals surface area contributed by atoms with Gasteiger partial charge >= 0.3 is 0 Å². The predicted octanol–water partition coefficient (Wildman–Crippen LogP) is 2.27. The van der Waals surface area contributed by atoms with Crippen LogP contribution in [0.5, 0.6) is 0 Å². The van der Waals surface area contributed by atoms with E-state index in [1.807, 2.05) is 20.2 Å². The SMILES string of the molecule is CC(c1cnn(C)c1)N(C)C(=O)c1cc(F)cc2[nH]cnc12. The van der Waals surface area contributed by atoms with Crippen LogP contribution in [0.25, 0.3) is 11.0 Å². The number of H-pyrrole nitrogens is 1. The first-order chi connectivity index (χ1) is 10.5. The normalized spacial score (nSPS) is 12.5. The van der Waals surface area contributed by atoms with Crippen LogP contribution in [0.2, 0.25) is 0 Å². The van der Waals surface area contributed by atoms with Gasteiger partial charge in [-0.2, -0.15) is 5.10 Å². The molecule has 3 rings (SSSR count). The Hall–Kier alpha value is -2.70. The van der Waals surface area contributed by atoms with E-state index in [1.165, 1.54) is 18.5 Å². The Bertz CT molecular complexity index is 837. The van der Waals surface area contributed by atoms with Crippen molar-refractivity contribution in [2.45, 2.75) is 13.0 Å². The minimum atomic E-state index is -0.470. The lowest BCUT2D eigenvalue weighted by Gasteiger charge is -2.24. The zero-order chi connectivity index (χ0) is 15.9. The molecule has 2 aromatic heterocycles. The molecular formula is C15H16FN5O. The number of aryl methyl sites for hydroxylation is 1. The van der Waals surface area contributed by atoms with E-state index < -0.39 is 5.82 Å². The Morgan fingerprint density at radius 2 is 2.23 bits per heavy atom. The molecule has 1 atom stereocenters. The van der Waals surface area contributed by atoms with Gasteiger partial charge in [0, 0.05) is 25.9 Å². The highest BCUT2D eigenvalue weighted by Crippen LogP contribution is 2.23. The maximum atomic E-state index is 13.7. The van der Waals surface area contributed by atoms with Crippen molar-refractivity contribution in [3.63, 3.8) is 0 Å². The molecule has 6 nitrogen and oxygen atoms in total. The zero-order valence-corrected chi connectivity index (χ0v) is 12.5. The molecule has 1 N–H and O–H groups in total. The second-order valence-electron chi connectivity index (χ2n) is 5.29. The number of amides is 1. The van der Waals surface area contributed by atoms with Crippen LogP contribution < -0.4 is 0 Å². The van der Waals surface area contributed by atoms with Gasteiger partial charge in [0.2, 0.25) is 0 Å². The monoisotopic (exact) mass is 301 g/mol. The topological polar surface area (TPSA) is 66.8 Å². The molecule has 1 unspecified atom stereocenters. The zero-order valence-electron chi connectivity index (χ0n) is 12.5. The first-order valence-corrected chi connectivity index (χ1v) is 6.85. The van der Waals surface area contributed by atoms with Crippen molar-refractivity contribution in [3.8, 4) is 0 Å². The summed E-state index contributed by atoms with van der Waals surface area (Å²) in [4.78, 5) is 21.2. The summed E-state index contributed by atoms with van der Waals surface area (Å²) in [6, 6.07) is 2.36. The smallest absolute Gasteiger partial charge is 0.256 e. The lowest BCUT2D eigenvalue weighted by atomic mass is 10.1. The number of nitrogens with zero attached hydrogens (tertiary/aromatic N) is 4. The van der Waals surface area contributed by atoms with Gasteiger partial charge in [0.15, 0.2) is 0 Å². The van der Waals surface area contributed by atoms with Gasteiger partial charge in [-0.3, -0.25) is 9.48 Å². The third-order valence-corrected chi connectivity index (χ3v) is 3.83. The number of hydrogen-bond acceptors (Lipinski definition) is 3. The number of halogens is 1. The van der Waals surface area contributed by atoms with Gasteiger partial charge < -0.3 is 9.88 Å². The van der Waals surface area contributed by atoms with Crippen LogP contribution in [0, 0.1) is 5.82 Å². The molecule has 0 spiro atoms. The molecule has 2 heterocycles. The fraction of sp³-hybridized carbons (Fsp3) is 0.267. The first-order valence-electron chi connectivity index (χ1n) is 6.85. The third-order valence-electron chi connectivity index (χ3n) is 3.83. The minimum absolute atomic E-state index is 0.182. The molecule has 22 heavy (non-hydrogen) atoms. The highest BCUT2D eigenvalue weighted by atomic mass is 19.1. The molecule has 0 aliphatic rings. The Balaban J connectivity index is 1.96. The number of aromatic nitrogens is 4. The van der Waals surface area contributed by atoms with E-state index in [0.717, 1.165) is 5.56 Å². The number of rotatable bonds is 3. The summed E-state index contributed by atoms with van der Waals surface area (Å²) in [6.45, 7) is 1.90. The quantitative estimate of drug-likeness (QED) is 0.807. The van der Waals surface area contributed by atoms with Crippen molar-refractivity contribution in [2.24, 2.45) is 7.05 Å². The van der Waals surface area contributed by atoms with Crippen molar-refractivity contribution in [1.29, 1.82) is 0 Å². The average Bonchev–Trinajstić information content (AvgIpc) is 3.12. The summed E-state index contributed by atoms with van der Waals surface area (Å²) >= 11 is 0. The van der Waals surface area contributed by atoms with E-state index in [1.54, 1.807) is 22.8 Å². The predicted molar refractivity (Wildman–Crippen MR) is 79.8 cm³/mol. The van der Waals surface area contributed by atoms with Crippen LogP contribution >= 0.6 is 0 Å². The van der Waals surface area contributed by atoms with Crippen LogP contribution in [0.3, 0.4) is 0 Å². The Kier molecular flexibility index (Phi) is 3.40. The Morgan fingerprint density at radius 3 is 2.91 bits per heavy atom. The standard InChI is InChI=1S/C15H16FN5O/c1-9(10-6-19-20(2)7-10)21(3)15(22)12-4-11(16)5-13-14(12)18-8-17-13/h4-9H,1-3H3,(H,17,18). The maximum absolute atomic E-state index is 13.7. The number of carbonyl (C=O) groups is 1. The second-order valence-corrected chi connectivity index (χ2v) is 5.29. The molecule has 7 heteroatoms. The van der Waals surface area contributed by atoms with Gasteiger partial charge in [-0.05, 0) is 19.1 Å². The van der Waals surface area contributed by atoms with Crippen molar-refractivity contribution in [1.82, 2.24) is 24.6 Å². The van der Waals surface area contributed by atoms with Crippen molar-refractivity contribution >= 4 is 16.9 Å². The first kappa shape index (κ1) is 14.2. The highest BCUT2D eigenvalue weighted by molar-refractivity contribution is 6.04. The Morgan fingerprint density at radius 1 is 1.45 bits per heavy atom. The molecule has 0 aliphatic carbocycles. The fourth-order valence-corrected chi connectivity index (χ4v) is 2.42. The molecule has 1 aromatic carbocycles. The highest BCUT2D eigenvalue weighted by Gasteiger charge is 2.23. The minimum Gasteiger partial charge on any atom is -0.344 e. The van der Waals surface area contributed by atoms with Crippen LogP contribution in [0.1, 0.15) is 28.9 Å². The van der Waals surface area contributed by atoms with Gasteiger partial charge in [0.1, 0.15) is 11.3 Å². The van der Waals surface area contributed by atoms with Gasteiger partial charge in [-0.25, -0.2) is 9.37 Å². The van der Waals surface area contributed by atoms with Gasteiger partial charge in [-0.1, -0.05) is 0 Å². The van der Waals surface area contributed by atoms with E-state index in [0.29, 0.717) is 11.0 Å². The van der Waals surface area contributed by atoms with Gasteiger partial charge in [0.25, 0.3) is 5.91 Å². The van der Waals surface area contributed by atoms with Crippen LogP contribution in [0.4, 0.5) is 4.39 Å². The lowest BCUT2D eigenvalue weighted by molar-refractivity contribution is 0.0744. The molecule has 0 bridgehead atoms. The lowest BCUT2D eigenvalue weighted by Crippen LogP contribution is -2.29. The molecule has 0 fully saturated rings. The van der Waals surface area contributed by atoms with Crippen LogP contribution in [-0.4, -0.2) is 37.6 Å². The molecular weight excluding hydrogens is 285 g/mol. The number of nitrogens with one attached hydrogen (secondary N) is 1. The number of imidazole rings is 1. The molecule has 1 amide bonds. The summed E-state index contributed by atoms with van der Waals surface area (Å²) in [5.41, 5.74) is 2.13. The van der Waals surface area contributed by atoms with E-state index >= 15 is 0 Å². The number of benzene rings is 1. The molecule has 0 aliphatic heterocycles. The summed E-state index contributed by atoms with van der Waals surface area (Å²) in [6.07, 6.45) is 5.01. The Labute approximate surface area is 126 Å². The van der Waals surface area contributed by atoms with E-state index in [9.17, 15) is 9.18 Å². The average molecular weight is 301 g/mol. The third kappa shape index (κ3) is 2.34. The summed E-state index contributed by atoms with van der Waals surface area (Å²) in [5, 5.41) is 4.11. The molecule has 0 saturated heterocycles. The van der Waals surface area contributed by atoms with Gasteiger partial charge in [0.05, 0.1) is 29.6 Å². The van der Waals surface area contributed by atoms with Crippen molar-refractivity contribution in [3.05, 3.63) is 47.8 Å². The van der Waals surface area contributed by atoms with Crippen LogP contribution in [-0.2, 0) is 7.05 Å². The number of carbonyl (C=O) groups excluding carboxylic acids is 1. The maximum Gasteiger partial charge on any atom is 0.256 e. The fourth-order valence-electron chi connectivity index (χ4n) is 2.42. The van der Waals surface area contributed by atoms with Gasteiger partial charge in [-0.15, -0.1) is 0 Å². The van der Waals surface area contributed by atoms with E-state index in [2.05, 4.69) is 15.1 Å². The van der Waals surface area contributed by atoms with E-state index in [-0.39, 0.29) is 17.5 Å². The second kappa shape index (κ2) is 5.25. The molecule has 0 radical (unpaired) electrons. The van der Waals surface area contributed by atoms with Crippen LogP contribution in [0.15, 0.2) is 30.9 Å². The summed E-state index contributed by atoms with van der Waals surface area (Å²) in [7, 11) is 3.50. The number of hydrogen-bond donors (Lipinski definition) is 1.